The van der Waals surface area contributed by atoms with Crippen LogP contribution in [-0.4, -0.2) is 18.8 Å². The SMILES string of the molecule is CC1CCC(CNc2cccc(F)c2)O1. The van der Waals surface area contributed by atoms with Crippen molar-refractivity contribution >= 4 is 5.69 Å². The number of rotatable bonds is 3. The van der Waals surface area contributed by atoms with Gasteiger partial charge in [0.1, 0.15) is 5.82 Å². The molecule has 1 heterocycles. The lowest BCUT2D eigenvalue weighted by atomic mass is 10.2. The number of anilines is 1. The Hall–Kier alpha value is -1.09. The Labute approximate surface area is 89.4 Å². The molecule has 2 unspecified atom stereocenters. The summed E-state index contributed by atoms with van der Waals surface area (Å²) in [5.41, 5.74) is 0.818. The molecule has 1 aromatic rings. The minimum atomic E-state index is -0.208. The van der Waals surface area contributed by atoms with Gasteiger partial charge in [-0.25, -0.2) is 4.39 Å². The summed E-state index contributed by atoms with van der Waals surface area (Å²) in [6, 6.07) is 6.51. The Morgan fingerprint density at radius 2 is 2.33 bits per heavy atom. The summed E-state index contributed by atoms with van der Waals surface area (Å²) in [6.45, 7) is 2.84. The summed E-state index contributed by atoms with van der Waals surface area (Å²) in [5, 5.41) is 3.18. The van der Waals surface area contributed by atoms with Crippen LogP contribution < -0.4 is 5.32 Å². The van der Waals surface area contributed by atoms with E-state index in [1.807, 2.05) is 6.07 Å². The quantitative estimate of drug-likeness (QED) is 0.826. The van der Waals surface area contributed by atoms with Crippen molar-refractivity contribution in [2.24, 2.45) is 0 Å². The zero-order valence-electron chi connectivity index (χ0n) is 8.87. The van der Waals surface area contributed by atoms with Crippen molar-refractivity contribution in [1.29, 1.82) is 0 Å². The van der Waals surface area contributed by atoms with E-state index in [2.05, 4.69) is 12.2 Å². The zero-order chi connectivity index (χ0) is 10.7. The molecule has 1 aliphatic heterocycles. The number of benzene rings is 1. The maximum absolute atomic E-state index is 12.9. The van der Waals surface area contributed by atoms with Gasteiger partial charge in [-0.2, -0.15) is 0 Å². The van der Waals surface area contributed by atoms with Crippen molar-refractivity contribution in [2.45, 2.75) is 32.0 Å². The van der Waals surface area contributed by atoms with Gasteiger partial charge < -0.3 is 10.1 Å². The van der Waals surface area contributed by atoms with Crippen LogP contribution in [0, 0.1) is 5.82 Å². The predicted molar refractivity (Wildman–Crippen MR) is 58.5 cm³/mol. The lowest BCUT2D eigenvalue weighted by Crippen LogP contribution is -2.19. The first-order valence-electron chi connectivity index (χ1n) is 5.39. The van der Waals surface area contributed by atoms with Crippen molar-refractivity contribution < 1.29 is 9.13 Å². The van der Waals surface area contributed by atoms with E-state index in [0.717, 1.165) is 25.1 Å². The highest BCUT2D eigenvalue weighted by Gasteiger charge is 2.21. The van der Waals surface area contributed by atoms with E-state index in [1.54, 1.807) is 6.07 Å². The second-order valence-corrected chi connectivity index (χ2v) is 4.04. The highest BCUT2D eigenvalue weighted by atomic mass is 19.1. The van der Waals surface area contributed by atoms with Gasteiger partial charge in [0.25, 0.3) is 0 Å². The molecule has 15 heavy (non-hydrogen) atoms. The van der Waals surface area contributed by atoms with Crippen molar-refractivity contribution in [2.75, 3.05) is 11.9 Å². The summed E-state index contributed by atoms with van der Waals surface area (Å²) < 4.78 is 18.5. The van der Waals surface area contributed by atoms with E-state index in [9.17, 15) is 4.39 Å². The Bertz CT molecular complexity index is 329. The normalized spacial score (nSPS) is 25.5. The van der Waals surface area contributed by atoms with Crippen molar-refractivity contribution in [1.82, 2.24) is 0 Å². The molecule has 0 bridgehead atoms. The van der Waals surface area contributed by atoms with Crippen LogP contribution in [0.2, 0.25) is 0 Å². The fraction of sp³-hybridized carbons (Fsp3) is 0.500. The van der Waals surface area contributed by atoms with Crippen LogP contribution in [0.25, 0.3) is 0 Å². The Morgan fingerprint density at radius 3 is 3.00 bits per heavy atom. The first-order valence-corrected chi connectivity index (χ1v) is 5.39. The van der Waals surface area contributed by atoms with Crippen molar-refractivity contribution in [3.05, 3.63) is 30.1 Å². The fourth-order valence-corrected chi connectivity index (χ4v) is 1.87. The molecule has 0 aromatic heterocycles. The van der Waals surface area contributed by atoms with Crippen LogP contribution in [0.5, 0.6) is 0 Å². The molecule has 2 rings (SSSR count). The summed E-state index contributed by atoms with van der Waals surface area (Å²) in [5.74, 6) is -0.208. The summed E-state index contributed by atoms with van der Waals surface area (Å²) in [7, 11) is 0. The molecule has 1 aliphatic rings. The highest BCUT2D eigenvalue weighted by Crippen LogP contribution is 2.19. The van der Waals surface area contributed by atoms with Crippen LogP contribution >= 0.6 is 0 Å². The Kier molecular flexibility index (Phi) is 3.21. The maximum Gasteiger partial charge on any atom is 0.125 e. The molecule has 1 aromatic carbocycles. The average Bonchev–Trinajstić information content (AvgIpc) is 2.62. The van der Waals surface area contributed by atoms with Crippen LogP contribution in [0.3, 0.4) is 0 Å². The van der Waals surface area contributed by atoms with E-state index < -0.39 is 0 Å². The van der Waals surface area contributed by atoms with Gasteiger partial charge in [0.2, 0.25) is 0 Å². The van der Waals surface area contributed by atoms with E-state index in [0.29, 0.717) is 6.10 Å². The number of halogens is 1. The van der Waals surface area contributed by atoms with Crippen molar-refractivity contribution in [3.8, 4) is 0 Å². The first-order chi connectivity index (χ1) is 7.24. The number of nitrogens with one attached hydrogen (secondary N) is 1. The molecule has 0 radical (unpaired) electrons. The van der Waals surface area contributed by atoms with E-state index in [1.165, 1.54) is 12.1 Å². The summed E-state index contributed by atoms with van der Waals surface area (Å²) in [6.07, 6.45) is 2.84. The average molecular weight is 209 g/mol. The molecular formula is C12H16FNO. The number of ether oxygens (including phenoxy) is 1. The first kappa shape index (κ1) is 10.4. The third-order valence-electron chi connectivity index (χ3n) is 2.68. The molecule has 0 amide bonds. The van der Waals surface area contributed by atoms with Gasteiger partial charge in [-0.3, -0.25) is 0 Å². The van der Waals surface area contributed by atoms with Gasteiger partial charge in [0.05, 0.1) is 12.2 Å². The molecule has 0 saturated carbocycles. The molecule has 1 fully saturated rings. The molecule has 1 N–H and O–H groups in total. The minimum Gasteiger partial charge on any atom is -0.382 e. The molecule has 82 valence electrons. The Morgan fingerprint density at radius 1 is 1.47 bits per heavy atom. The van der Waals surface area contributed by atoms with Gasteiger partial charge >= 0.3 is 0 Å². The third-order valence-corrected chi connectivity index (χ3v) is 2.68. The lowest BCUT2D eigenvalue weighted by Gasteiger charge is -2.13. The number of hydrogen-bond donors (Lipinski definition) is 1. The largest absolute Gasteiger partial charge is 0.382 e. The molecule has 1 saturated heterocycles. The van der Waals surface area contributed by atoms with E-state index in [-0.39, 0.29) is 11.9 Å². The number of hydrogen-bond acceptors (Lipinski definition) is 2. The predicted octanol–water partition coefficient (Wildman–Crippen LogP) is 2.81. The van der Waals surface area contributed by atoms with Crippen LogP contribution in [-0.2, 0) is 4.74 Å². The van der Waals surface area contributed by atoms with E-state index in [4.69, 9.17) is 4.74 Å². The highest BCUT2D eigenvalue weighted by molar-refractivity contribution is 5.43. The standard InChI is InChI=1S/C12H16FNO/c1-9-5-6-12(15-9)8-14-11-4-2-3-10(13)7-11/h2-4,7,9,12,14H,5-6,8H2,1H3. The third kappa shape index (κ3) is 2.93. The second kappa shape index (κ2) is 4.62. The Balaban J connectivity index is 1.83. The van der Waals surface area contributed by atoms with Gasteiger partial charge in [-0.15, -0.1) is 0 Å². The molecule has 0 spiro atoms. The van der Waals surface area contributed by atoms with E-state index >= 15 is 0 Å². The topological polar surface area (TPSA) is 21.3 Å². The minimum absolute atomic E-state index is 0.208. The van der Waals surface area contributed by atoms with Crippen molar-refractivity contribution in [3.63, 3.8) is 0 Å². The maximum atomic E-state index is 12.9. The summed E-state index contributed by atoms with van der Waals surface area (Å²) >= 11 is 0. The smallest absolute Gasteiger partial charge is 0.125 e. The van der Waals surface area contributed by atoms with Gasteiger partial charge in [-0.05, 0) is 38.0 Å². The zero-order valence-corrected chi connectivity index (χ0v) is 8.87. The molecular weight excluding hydrogens is 193 g/mol. The molecule has 0 aliphatic carbocycles. The molecule has 2 nitrogen and oxygen atoms in total. The summed E-state index contributed by atoms with van der Waals surface area (Å²) in [4.78, 5) is 0. The lowest BCUT2D eigenvalue weighted by molar-refractivity contribution is 0.0637. The second-order valence-electron chi connectivity index (χ2n) is 4.04. The van der Waals surface area contributed by atoms with Gasteiger partial charge in [0, 0.05) is 12.2 Å². The molecule has 3 heteroatoms. The van der Waals surface area contributed by atoms with Gasteiger partial charge in [-0.1, -0.05) is 6.07 Å². The molecule has 2 atom stereocenters. The van der Waals surface area contributed by atoms with Crippen LogP contribution in [0.4, 0.5) is 10.1 Å². The van der Waals surface area contributed by atoms with Crippen LogP contribution in [0.1, 0.15) is 19.8 Å². The van der Waals surface area contributed by atoms with Gasteiger partial charge in [0.15, 0.2) is 0 Å². The monoisotopic (exact) mass is 209 g/mol. The fourth-order valence-electron chi connectivity index (χ4n) is 1.87. The van der Waals surface area contributed by atoms with Crippen LogP contribution in [0.15, 0.2) is 24.3 Å².